The quantitative estimate of drug-likeness (QED) is 0.260. The standard InChI is InChI=1S/C2H4Cl2O.20CH2Cl2/c3-2(4)1-5;20*2-1-3/h2,5H,1H2;20*1H2. The average Bonchev–Trinajstić information content (AvgIpc) is 3.18. The van der Waals surface area contributed by atoms with E-state index in [1.54, 1.807) is 0 Å². The van der Waals surface area contributed by atoms with E-state index in [2.05, 4.69) is 0 Å². The maximum atomic E-state index is 7.88. The zero-order chi connectivity index (χ0) is 58.4. The highest BCUT2D eigenvalue weighted by Gasteiger charge is 1.88. The molecule has 0 saturated heterocycles. The van der Waals surface area contributed by atoms with Crippen LogP contribution in [0.5, 0.6) is 0 Å². The van der Waals surface area contributed by atoms with Crippen molar-refractivity contribution in [2.75, 3.05) is 113 Å². The SMILES string of the molecule is ClCCl.ClCCl.ClCCl.ClCCl.ClCCl.ClCCl.ClCCl.ClCCl.ClCCl.ClCCl.ClCCl.ClCCl.ClCCl.ClCCl.ClCCl.ClCCl.ClCCl.ClCCl.ClCCl.ClCCl.OCC(Cl)Cl. The largest absolute Gasteiger partial charge is 0.394 e. The van der Waals surface area contributed by atoms with Crippen molar-refractivity contribution in [3.63, 3.8) is 0 Å². The van der Waals surface area contributed by atoms with E-state index in [-0.39, 0.29) is 113 Å². The summed E-state index contributed by atoms with van der Waals surface area (Å²) in [5, 5.41) is 11.8. The summed E-state index contributed by atoms with van der Waals surface area (Å²) in [4.78, 5) is -0.616. The monoisotopic (exact) mass is 1790 g/mol. The summed E-state index contributed by atoms with van der Waals surface area (Å²) in [6.45, 7) is -0.164. The first-order valence-corrected chi connectivity index (χ1v) is 34.1. The molecule has 0 aliphatic heterocycles. The first kappa shape index (κ1) is 142. The molecule has 0 aromatic heterocycles. The lowest BCUT2D eigenvalue weighted by atomic mass is 10.9. The number of halogens is 42. The van der Waals surface area contributed by atoms with Gasteiger partial charge in [0, 0.05) is 0 Å². The molecule has 1 N–H and O–H groups in total. The average molecular weight is 1810 g/mol. The second kappa shape index (κ2) is 329. The Kier molecular flexibility index (Phi) is 718. The second-order valence-electron chi connectivity index (χ2n) is 2.59. The minimum absolute atomic E-state index is 0.164. The predicted molar refractivity (Wildman–Crippen MR) is 354 cm³/mol. The fraction of sp³-hybridized carbons (Fsp3) is 1.00. The van der Waals surface area contributed by atoms with E-state index < -0.39 is 4.84 Å². The molecule has 0 saturated carbocycles. The number of aliphatic hydroxyl groups excluding tert-OH is 1. The van der Waals surface area contributed by atoms with Gasteiger partial charge in [0.2, 0.25) is 0 Å². The van der Waals surface area contributed by atoms with Crippen LogP contribution in [-0.2, 0) is 0 Å². The minimum Gasteiger partial charge on any atom is -0.394 e. The molecule has 0 aromatic rings. The lowest BCUT2D eigenvalue weighted by Crippen LogP contribution is -1.90. The van der Waals surface area contributed by atoms with Gasteiger partial charge in [0.15, 0.2) is 0 Å². The molecule has 0 rings (SSSR count). The molecule has 43 heteroatoms. The Morgan fingerprint density at radius 2 is 0.169 bits per heavy atom. The third-order valence-electron chi connectivity index (χ3n) is 0.138. The Morgan fingerprint density at radius 3 is 0.169 bits per heavy atom. The van der Waals surface area contributed by atoms with E-state index in [4.69, 9.17) is 492 Å². The summed E-state index contributed by atoms with van der Waals surface area (Å²) in [7, 11) is 0. The molecule has 1 nitrogen and oxygen atoms in total. The maximum Gasteiger partial charge on any atom is 0.130 e. The van der Waals surface area contributed by atoms with E-state index in [0.717, 1.165) is 0 Å². The third-order valence-corrected chi connectivity index (χ3v) is 0.414. The number of rotatable bonds is 1. The highest BCUT2D eigenvalue weighted by Crippen LogP contribution is 1.96. The summed E-state index contributed by atoms with van der Waals surface area (Å²) >= 11 is 201. The lowest BCUT2D eigenvalue weighted by Gasteiger charge is -1.84. The molecule has 0 bridgehead atoms. The zero-order valence-electron chi connectivity index (χ0n) is 31.7. The van der Waals surface area contributed by atoms with Gasteiger partial charge in [-0.15, -0.1) is 487 Å². The normalized spacial score (nSPS) is 6.28. The van der Waals surface area contributed by atoms with E-state index >= 15 is 0 Å². The first-order chi connectivity index (χ1) is 30.6. The van der Waals surface area contributed by atoms with Crippen LogP contribution in [0.2, 0.25) is 0 Å². The number of hydrogen-bond acceptors (Lipinski definition) is 1. The molecule has 0 atom stereocenters. The molecule has 0 amide bonds. The Hall–Kier alpha value is 12.1. The highest BCUT2D eigenvalue weighted by atomic mass is 35.6. The van der Waals surface area contributed by atoms with Gasteiger partial charge >= 0.3 is 0 Å². The van der Waals surface area contributed by atoms with Crippen LogP contribution in [0.4, 0.5) is 0 Å². The number of aliphatic hydroxyl groups is 1. The fourth-order valence-corrected chi connectivity index (χ4v) is 0. The number of hydrogen-bond donors (Lipinski definition) is 1. The van der Waals surface area contributed by atoms with Crippen molar-refractivity contribution in [2.45, 2.75) is 4.84 Å². The van der Waals surface area contributed by atoms with E-state index in [0.29, 0.717) is 0 Å². The summed E-state index contributed by atoms with van der Waals surface area (Å²) in [5.74, 6) is 0. The van der Waals surface area contributed by atoms with Crippen LogP contribution in [0, 0.1) is 0 Å². The van der Waals surface area contributed by atoms with Crippen molar-refractivity contribution in [2.24, 2.45) is 0 Å². The van der Waals surface area contributed by atoms with Gasteiger partial charge < -0.3 is 5.11 Å². The van der Waals surface area contributed by atoms with Gasteiger partial charge in [-0.3, -0.25) is 0 Å². The van der Waals surface area contributed by atoms with Crippen LogP contribution in [0.15, 0.2) is 0 Å². The first-order valence-electron chi connectivity index (χ1n) is 11.9. The smallest absolute Gasteiger partial charge is 0.130 e. The van der Waals surface area contributed by atoms with Gasteiger partial charge in [-0.25, -0.2) is 0 Å². The summed E-state index contributed by atoms with van der Waals surface area (Å²) in [5.41, 5.74) is 0. The van der Waals surface area contributed by atoms with E-state index in [1.807, 2.05) is 0 Å². The third kappa shape index (κ3) is 2090. The van der Waals surface area contributed by atoms with Crippen molar-refractivity contribution >= 4 is 487 Å². The fourth-order valence-electron chi connectivity index (χ4n) is 0. The minimum atomic E-state index is -0.616. The van der Waals surface area contributed by atoms with Crippen molar-refractivity contribution in [3.05, 3.63) is 0 Å². The molecule has 0 radical (unpaired) electrons. The van der Waals surface area contributed by atoms with Gasteiger partial charge in [-0.05, 0) is 0 Å². The summed E-state index contributed by atoms with van der Waals surface area (Å²) < 4.78 is 0. The summed E-state index contributed by atoms with van der Waals surface area (Å²) in [6.07, 6.45) is 0. The van der Waals surface area contributed by atoms with Crippen LogP contribution < -0.4 is 0 Å². The molecular formula is C22H44Cl42O. The van der Waals surface area contributed by atoms with Gasteiger partial charge in [0.05, 0.1) is 113 Å². The molecule has 0 fully saturated rings. The predicted octanol–water partition coefficient (Wildman–Crippen LogP) is 29.2. The Balaban J connectivity index is -0.0000000165. The zero-order valence-corrected chi connectivity index (χ0v) is 63.5. The van der Waals surface area contributed by atoms with Crippen molar-refractivity contribution in [1.82, 2.24) is 0 Å². The molecule has 0 spiro atoms. The van der Waals surface area contributed by atoms with Crippen LogP contribution in [0.1, 0.15) is 0 Å². The molecular weight excluding hydrogens is 1770 g/mol. The van der Waals surface area contributed by atoms with Crippen LogP contribution in [0.25, 0.3) is 0 Å². The molecule has 0 aliphatic rings. The molecule has 0 unspecified atom stereocenters. The van der Waals surface area contributed by atoms with Gasteiger partial charge in [-0.2, -0.15) is 0 Å². The van der Waals surface area contributed by atoms with Gasteiger partial charge in [0.1, 0.15) is 4.84 Å². The maximum absolute atomic E-state index is 7.88. The Bertz CT molecular complexity index is 199. The summed E-state index contributed by atoms with van der Waals surface area (Å²) in [6, 6.07) is 0. The van der Waals surface area contributed by atoms with E-state index in [9.17, 15) is 0 Å². The molecule has 65 heavy (non-hydrogen) atoms. The van der Waals surface area contributed by atoms with Crippen LogP contribution >= 0.6 is 487 Å². The molecule has 0 heterocycles. The molecule has 0 aromatic carbocycles. The Morgan fingerprint density at radius 1 is 0.154 bits per heavy atom. The molecule has 432 valence electrons. The lowest BCUT2D eigenvalue weighted by molar-refractivity contribution is 0.313. The Labute approximate surface area is 600 Å². The molecule has 0 aliphatic carbocycles. The topological polar surface area (TPSA) is 20.2 Å². The van der Waals surface area contributed by atoms with E-state index in [1.165, 1.54) is 0 Å². The van der Waals surface area contributed by atoms with Gasteiger partial charge in [-0.1, -0.05) is 0 Å². The van der Waals surface area contributed by atoms with Crippen molar-refractivity contribution < 1.29 is 5.11 Å². The highest BCUT2D eigenvalue weighted by molar-refractivity contribution is 6.46. The van der Waals surface area contributed by atoms with Gasteiger partial charge in [0.25, 0.3) is 0 Å². The van der Waals surface area contributed by atoms with Crippen molar-refractivity contribution in [1.29, 1.82) is 0 Å². The van der Waals surface area contributed by atoms with Crippen molar-refractivity contribution in [3.8, 4) is 0 Å². The second-order valence-corrected chi connectivity index (χ2v) is 20.0. The van der Waals surface area contributed by atoms with Crippen LogP contribution in [-0.4, -0.2) is 123 Å². The van der Waals surface area contributed by atoms with Crippen LogP contribution in [0.3, 0.4) is 0 Å². The number of alkyl halides is 42.